The van der Waals surface area contributed by atoms with Crippen molar-refractivity contribution in [3.63, 3.8) is 0 Å². The van der Waals surface area contributed by atoms with Crippen molar-refractivity contribution in [2.24, 2.45) is 0 Å². The highest BCUT2D eigenvalue weighted by Gasteiger charge is 2.42. The van der Waals surface area contributed by atoms with Gasteiger partial charge in [-0.25, -0.2) is 9.78 Å². The summed E-state index contributed by atoms with van der Waals surface area (Å²) in [5, 5.41) is 8.63. The summed E-state index contributed by atoms with van der Waals surface area (Å²) in [6, 6.07) is 0. The lowest BCUT2D eigenvalue weighted by molar-refractivity contribution is -0.142. The second-order valence-corrected chi connectivity index (χ2v) is 3.47. The van der Waals surface area contributed by atoms with E-state index in [1.54, 1.807) is 0 Å². The Morgan fingerprint density at radius 2 is 2.11 bits per heavy atom. The number of hydrogen-bond donors (Lipinski definition) is 1. The van der Waals surface area contributed by atoms with Crippen molar-refractivity contribution in [2.75, 3.05) is 19.8 Å². The van der Waals surface area contributed by atoms with Gasteiger partial charge in [0.15, 0.2) is 11.8 Å². The van der Waals surface area contributed by atoms with Crippen LogP contribution in [0.15, 0.2) is 4.42 Å². The molecule has 1 aromatic heterocycles. The molecular weight excluding hydrogens is 259 g/mol. The topological polar surface area (TPSA) is 81.8 Å². The molecule has 1 N–H and O–H groups in total. The second-order valence-electron chi connectivity index (χ2n) is 3.47. The number of carbonyl (C=O) groups is 1. The predicted octanol–water partition coefficient (Wildman–Crippen LogP) is 1.48. The van der Waals surface area contributed by atoms with Crippen LogP contribution in [0.25, 0.3) is 0 Å². The Balaban J connectivity index is 2.35. The van der Waals surface area contributed by atoms with Crippen molar-refractivity contribution < 1.29 is 37.0 Å². The van der Waals surface area contributed by atoms with Crippen molar-refractivity contribution in [3.05, 3.63) is 17.3 Å². The summed E-state index contributed by atoms with van der Waals surface area (Å²) in [6.07, 6.45) is -5.82. The van der Waals surface area contributed by atoms with E-state index in [-0.39, 0.29) is 13.2 Å². The predicted molar refractivity (Wildman–Crippen MR) is 48.0 cm³/mol. The van der Waals surface area contributed by atoms with Crippen LogP contribution in [-0.4, -0.2) is 35.9 Å². The molecule has 0 aliphatic carbocycles. The van der Waals surface area contributed by atoms with E-state index < -0.39 is 35.6 Å². The summed E-state index contributed by atoms with van der Waals surface area (Å²) >= 11 is 0. The molecule has 1 aliphatic rings. The molecule has 2 heterocycles. The maximum Gasteiger partial charge on any atom is 0.437 e. The molecule has 2 rings (SSSR count). The van der Waals surface area contributed by atoms with E-state index in [0.29, 0.717) is 6.61 Å². The minimum absolute atomic E-state index is 0.0309. The molecule has 0 saturated carbocycles. The average Bonchev–Trinajstić information content (AvgIpc) is 2.74. The van der Waals surface area contributed by atoms with Gasteiger partial charge in [-0.15, -0.1) is 0 Å². The fraction of sp³-hybridized carbons (Fsp3) is 0.556. The summed E-state index contributed by atoms with van der Waals surface area (Å²) in [7, 11) is 0. The highest BCUT2D eigenvalue weighted by Crippen LogP contribution is 2.34. The van der Waals surface area contributed by atoms with Crippen molar-refractivity contribution in [1.29, 1.82) is 0 Å². The Morgan fingerprint density at radius 3 is 2.56 bits per heavy atom. The molecule has 0 amide bonds. The van der Waals surface area contributed by atoms with Crippen molar-refractivity contribution in [3.8, 4) is 0 Å². The quantitative estimate of drug-likeness (QED) is 0.874. The van der Waals surface area contributed by atoms with Gasteiger partial charge in [0.25, 0.3) is 0 Å². The number of nitrogens with zero attached hydrogens (tertiary/aromatic N) is 1. The zero-order chi connectivity index (χ0) is 13.3. The van der Waals surface area contributed by atoms with Crippen LogP contribution in [0.1, 0.15) is 28.2 Å². The van der Waals surface area contributed by atoms with Crippen LogP contribution < -0.4 is 0 Å². The van der Waals surface area contributed by atoms with Gasteiger partial charge < -0.3 is 19.0 Å². The van der Waals surface area contributed by atoms with E-state index in [1.807, 2.05) is 0 Å². The van der Waals surface area contributed by atoms with E-state index in [1.165, 1.54) is 0 Å². The fourth-order valence-corrected chi connectivity index (χ4v) is 1.44. The Kier molecular flexibility index (Phi) is 3.26. The number of aromatic carboxylic acids is 1. The number of carboxylic acid groups (broad SMARTS) is 1. The fourth-order valence-electron chi connectivity index (χ4n) is 1.44. The molecule has 0 bridgehead atoms. The van der Waals surface area contributed by atoms with Gasteiger partial charge in [-0.05, 0) is 0 Å². The van der Waals surface area contributed by atoms with Gasteiger partial charge in [0, 0.05) is 0 Å². The number of alkyl halides is 3. The minimum atomic E-state index is -4.90. The molecule has 9 heteroatoms. The molecule has 1 fully saturated rings. The number of hydrogen-bond acceptors (Lipinski definition) is 5. The van der Waals surface area contributed by atoms with Gasteiger partial charge in [-0.3, -0.25) is 0 Å². The minimum Gasteiger partial charge on any atom is -0.475 e. The Morgan fingerprint density at radius 1 is 1.39 bits per heavy atom. The van der Waals surface area contributed by atoms with Crippen LogP contribution in [0, 0.1) is 0 Å². The summed E-state index contributed by atoms with van der Waals surface area (Å²) in [4.78, 5) is 13.8. The molecule has 6 nitrogen and oxygen atoms in total. The first kappa shape index (κ1) is 12.8. The third kappa shape index (κ3) is 2.46. The van der Waals surface area contributed by atoms with Gasteiger partial charge in [-0.1, -0.05) is 0 Å². The number of halogens is 3. The molecule has 1 saturated heterocycles. The Hall–Kier alpha value is -1.61. The largest absolute Gasteiger partial charge is 0.475 e. The third-order valence-corrected chi connectivity index (χ3v) is 2.20. The zero-order valence-corrected chi connectivity index (χ0v) is 8.86. The number of ether oxygens (including phenoxy) is 2. The highest BCUT2D eigenvalue weighted by molar-refractivity contribution is 5.85. The van der Waals surface area contributed by atoms with Gasteiger partial charge >= 0.3 is 12.1 Å². The lowest BCUT2D eigenvalue weighted by atomic mass is 10.3. The van der Waals surface area contributed by atoms with Crippen molar-refractivity contribution >= 4 is 5.97 Å². The first-order chi connectivity index (χ1) is 8.39. The normalized spacial score (nSPS) is 20.9. The van der Waals surface area contributed by atoms with E-state index in [4.69, 9.17) is 14.6 Å². The van der Waals surface area contributed by atoms with Gasteiger partial charge in [-0.2, -0.15) is 13.2 Å². The lowest BCUT2D eigenvalue weighted by Gasteiger charge is -2.19. The van der Waals surface area contributed by atoms with Crippen LogP contribution >= 0.6 is 0 Å². The van der Waals surface area contributed by atoms with E-state index >= 15 is 0 Å². The third-order valence-electron chi connectivity index (χ3n) is 2.20. The maximum absolute atomic E-state index is 12.5. The number of rotatable bonds is 2. The summed E-state index contributed by atoms with van der Waals surface area (Å²) in [5.41, 5.74) is -1.57. The molecule has 1 aromatic rings. The van der Waals surface area contributed by atoms with Gasteiger partial charge in [0.1, 0.15) is 0 Å². The van der Waals surface area contributed by atoms with E-state index in [2.05, 4.69) is 9.40 Å². The SMILES string of the molecule is O=C(O)c1oc(C2COCCO2)nc1C(F)(F)F. The summed E-state index contributed by atoms with van der Waals surface area (Å²) in [5.74, 6) is -3.52. The Labute approximate surface area is 98.3 Å². The molecule has 18 heavy (non-hydrogen) atoms. The van der Waals surface area contributed by atoms with Crippen molar-refractivity contribution in [1.82, 2.24) is 4.98 Å². The van der Waals surface area contributed by atoms with E-state index in [0.717, 1.165) is 0 Å². The highest BCUT2D eigenvalue weighted by atomic mass is 19.4. The Bertz CT molecular complexity index is 450. The van der Waals surface area contributed by atoms with E-state index in [9.17, 15) is 18.0 Å². The molecule has 1 atom stereocenters. The summed E-state index contributed by atoms with van der Waals surface area (Å²) < 4.78 is 52.3. The molecule has 1 unspecified atom stereocenters. The standard InChI is InChI=1S/C9H8F3NO5/c10-9(11,12)6-5(8(14)15)18-7(13-6)4-3-16-1-2-17-4/h4H,1-3H2,(H,14,15). The van der Waals surface area contributed by atoms with Crippen LogP contribution in [-0.2, 0) is 15.7 Å². The monoisotopic (exact) mass is 267 g/mol. The smallest absolute Gasteiger partial charge is 0.437 e. The average molecular weight is 267 g/mol. The first-order valence-electron chi connectivity index (χ1n) is 4.90. The van der Waals surface area contributed by atoms with Gasteiger partial charge in [0.2, 0.25) is 11.7 Å². The van der Waals surface area contributed by atoms with Crippen LogP contribution in [0.2, 0.25) is 0 Å². The molecule has 1 aliphatic heterocycles. The molecule has 0 spiro atoms. The zero-order valence-electron chi connectivity index (χ0n) is 8.86. The molecule has 100 valence electrons. The second kappa shape index (κ2) is 4.58. The lowest BCUT2D eigenvalue weighted by Crippen LogP contribution is -2.22. The van der Waals surface area contributed by atoms with Crippen LogP contribution in [0.3, 0.4) is 0 Å². The summed E-state index contributed by atoms with van der Waals surface area (Å²) in [6.45, 7) is 0.461. The molecule has 0 aromatic carbocycles. The number of oxazole rings is 1. The molecular formula is C9H8F3NO5. The van der Waals surface area contributed by atoms with Gasteiger partial charge in [0.05, 0.1) is 19.8 Å². The van der Waals surface area contributed by atoms with Crippen LogP contribution in [0.5, 0.6) is 0 Å². The number of carboxylic acids is 1. The molecule has 0 radical (unpaired) electrons. The first-order valence-corrected chi connectivity index (χ1v) is 4.90. The maximum atomic E-state index is 12.5. The van der Waals surface area contributed by atoms with Crippen molar-refractivity contribution in [2.45, 2.75) is 12.3 Å². The van der Waals surface area contributed by atoms with Crippen LogP contribution in [0.4, 0.5) is 13.2 Å². The number of aromatic nitrogens is 1.